The maximum Gasteiger partial charge on any atom is 0.227 e. The number of amides is 2. The Morgan fingerprint density at radius 2 is 2.08 bits per heavy atom. The maximum absolute atomic E-state index is 12.3. The van der Waals surface area contributed by atoms with E-state index in [4.69, 9.17) is 0 Å². The van der Waals surface area contributed by atoms with Gasteiger partial charge in [0.15, 0.2) is 0 Å². The van der Waals surface area contributed by atoms with Crippen LogP contribution in [0.15, 0.2) is 24.3 Å². The number of carbonyl (C=O) groups excluding carboxylic acids is 2. The van der Waals surface area contributed by atoms with Gasteiger partial charge in [0, 0.05) is 31.0 Å². The zero-order chi connectivity index (χ0) is 17.1. The Morgan fingerprint density at radius 1 is 1.33 bits per heavy atom. The summed E-state index contributed by atoms with van der Waals surface area (Å²) in [6, 6.07) is 7.93. The van der Waals surface area contributed by atoms with Crippen molar-refractivity contribution >= 4 is 34.0 Å². The molecule has 2 amide bonds. The van der Waals surface area contributed by atoms with E-state index in [0.717, 1.165) is 17.1 Å². The highest BCUT2D eigenvalue weighted by molar-refractivity contribution is 7.15. The highest BCUT2D eigenvalue weighted by Crippen LogP contribution is 2.34. The Labute approximate surface area is 144 Å². The quantitative estimate of drug-likeness (QED) is 0.904. The number of carbonyl (C=O) groups is 2. The summed E-state index contributed by atoms with van der Waals surface area (Å²) in [5.41, 5.74) is 2.08. The molecule has 0 spiro atoms. The number of rotatable bonds is 5. The van der Waals surface area contributed by atoms with E-state index in [1.54, 1.807) is 4.90 Å². The number of benzene rings is 1. The summed E-state index contributed by atoms with van der Waals surface area (Å²) in [5.74, 6) is 0.0627. The Hall–Kier alpha value is -2.28. The molecule has 1 N–H and O–H groups in total. The van der Waals surface area contributed by atoms with Crippen molar-refractivity contribution in [1.29, 1.82) is 0 Å². The molecule has 1 saturated heterocycles. The molecule has 0 bridgehead atoms. The monoisotopic (exact) mass is 344 g/mol. The van der Waals surface area contributed by atoms with Crippen molar-refractivity contribution in [1.82, 2.24) is 10.2 Å². The average Bonchev–Trinajstić information content (AvgIpc) is 3.15. The van der Waals surface area contributed by atoms with E-state index in [1.165, 1.54) is 16.9 Å². The number of nitrogens with one attached hydrogen (secondary N) is 1. The minimum atomic E-state index is -0.0519. The van der Waals surface area contributed by atoms with Crippen molar-refractivity contribution < 1.29 is 9.59 Å². The van der Waals surface area contributed by atoms with Gasteiger partial charge in [-0.3, -0.25) is 9.59 Å². The van der Waals surface area contributed by atoms with Crippen LogP contribution in [0.4, 0.5) is 10.8 Å². The Morgan fingerprint density at radius 3 is 2.79 bits per heavy atom. The molecule has 0 radical (unpaired) electrons. The van der Waals surface area contributed by atoms with Gasteiger partial charge in [0.25, 0.3) is 0 Å². The lowest BCUT2D eigenvalue weighted by Gasteiger charge is -2.16. The van der Waals surface area contributed by atoms with Crippen LogP contribution in [0.2, 0.25) is 0 Å². The first-order chi connectivity index (χ1) is 11.6. The fourth-order valence-electron chi connectivity index (χ4n) is 2.71. The average molecular weight is 344 g/mol. The Kier molecular flexibility index (Phi) is 4.89. The van der Waals surface area contributed by atoms with Gasteiger partial charge in [0.05, 0.1) is 0 Å². The van der Waals surface area contributed by atoms with E-state index < -0.39 is 0 Å². The second kappa shape index (κ2) is 7.09. The molecule has 2 heterocycles. The zero-order valence-corrected chi connectivity index (χ0v) is 14.6. The molecule has 3 rings (SSSR count). The zero-order valence-electron chi connectivity index (χ0n) is 13.8. The molecule has 1 fully saturated rings. The van der Waals surface area contributed by atoms with Gasteiger partial charge in [-0.1, -0.05) is 36.0 Å². The van der Waals surface area contributed by atoms with Crippen LogP contribution >= 0.6 is 11.3 Å². The smallest absolute Gasteiger partial charge is 0.227 e. The van der Waals surface area contributed by atoms with Gasteiger partial charge < -0.3 is 10.2 Å². The number of nitrogens with zero attached hydrogens (tertiary/aromatic N) is 3. The highest BCUT2D eigenvalue weighted by atomic mass is 32.1. The van der Waals surface area contributed by atoms with E-state index in [9.17, 15) is 9.59 Å². The fourth-order valence-corrected chi connectivity index (χ4v) is 3.56. The molecule has 24 heavy (non-hydrogen) atoms. The molecule has 1 aliphatic heterocycles. The Balaban J connectivity index is 1.68. The van der Waals surface area contributed by atoms with Crippen molar-refractivity contribution in [2.24, 2.45) is 0 Å². The van der Waals surface area contributed by atoms with Gasteiger partial charge in [0.2, 0.25) is 16.9 Å². The van der Waals surface area contributed by atoms with Crippen molar-refractivity contribution in [3.63, 3.8) is 0 Å². The summed E-state index contributed by atoms with van der Waals surface area (Å²) in [6.45, 7) is 4.57. The van der Waals surface area contributed by atoms with Crippen LogP contribution in [0.3, 0.4) is 0 Å². The van der Waals surface area contributed by atoms with Crippen LogP contribution in [0.5, 0.6) is 0 Å². The summed E-state index contributed by atoms with van der Waals surface area (Å²) in [5, 5.41) is 12.2. The summed E-state index contributed by atoms with van der Waals surface area (Å²) in [4.78, 5) is 25.7. The van der Waals surface area contributed by atoms with Gasteiger partial charge in [-0.2, -0.15) is 0 Å². The van der Waals surface area contributed by atoms with Crippen LogP contribution in [-0.2, 0) is 9.59 Å². The first-order valence-corrected chi connectivity index (χ1v) is 8.88. The SMILES string of the molecule is CCCC(=O)Nc1nnc([C@@H]2CC(=O)N(c3ccc(C)cc3)C2)s1. The molecule has 1 aromatic carbocycles. The van der Waals surface area contributed by atoms with Gasteiger partial charge in [-0.05, 0) is 25.5 Å². The van der Waals surface area contributed by atoms with Crippen molar-refractivity contribution in [2.45, 2.75) is 39.0 Å². The fraction of sp³-hybridized carbons (Fsp3) is 0.412. The molecule has 0 aliphatic carbocycles. The third kappa shape index (κ3) is 3.62. The van der Waals surface area contributed by atoms with Crippen LogP contribution in [0.1, 0.15) is 42.7 Å². The Bertz CT molecular complexity index is 741. The lowest BCUT2D eigenvalue weighted by molar-refractivity contribution is -0.117. The molecule has 1 aromatic heterocycles. The first kappa shape index (κ1) is 16.6. The molecular weight excluding hydrogens is 324 g/mol. The number of hydrogen-bond donors (Lipinski definition) is 1. The highest BCUT2D eigenvalue weighted by Gasteiger charge is 2.33. The molecule has 2 aromatic rings. The van der Waals surface area contributed by atoms with E-state index in [1.807, 2.05) is 38.1 Å². The third-order valence-electron chi connectivity index (χ3n) is 3.98. The van der Waals surface area contributed by atoms with Gasteiger partial charge in [0.1, 0.15) is 5.01 Å². The predicted octanol–water partition coefficient (Wildman–Crippen LogP) is 3.11. The van der Waals surface area contributed by atoms with Crippen molar-refractivity contribution in [2.75, 3.05) is 16.8 Å². The van der Waals surface area contributed by atoms with Crippen LogP contribution in [-0.4, -0.2) is 28.6 Å². The largest absolute Gasteiger partial charge is 0.312 e. The number of anilines is 2. The second-order valence-corrected chi connectivity index (χ2v) is 6.99. The minimum absolute atomic E-state index is 0.0214. The minimum Gasteiger partial charge on any atom is -0.312 e. The molecule has 0 unspecified atom stereocenters. The number of aryl methyl sites for hydroxylation is 1. The van der Waals surface area contributed by atoms with E-state index in [2.05, 4.69) is 15.5 Å². The maximum atomic E-state index is 12.3. The molecule has 126 valence electrons. The van der Waals surface area contributed by atoms with Crippen LogP contribution in [0, 0.1) is 6.92 Å². The van der Waals surface area contributed by atoms with Crippen molar-refractivity contribution in [3.05, 3.63) is 34.8 Å². The lowest BCUT2D eigenvalue weighted by Crippen LogP contribution is -2.24. The predicted molar refractivity (Wildman–Crippen MR) is 94.3 cm³/mol. The standard InChI is InChI=1S/C17H20N4O2S/c1-3-4-14(22)18-17-20-19-16(24-17)12-9-15(23)21(10-12)13-7-5-11(2)6-8-13/h5-8,12H,3-4,9-10H2,1-2H3,(H,18,20,22)/t12-/m1/s1. The molecule has 0 saturated carbocycles. The summed E-state index contributed by atoms with van der Waals surface area (Å²) < 4.78 is 0. The van der Waals surface area contributed by atoms with Gasteiger partial charge >= 0.3 is 0 Å². The normalized spacial score (nSPS) is 17.3. The van der Waals surface area contributed by atoms with E-state index >= 15 is 0 Å². The van der Waals surface area contributed by atoms with Gasteiger partial charge in [-0.15, -0.1) is 10.2 Å². The van der Waals surface area contributed by atoms with Crippen LogP contribution < -0.4 is 10.2 Å². The summed E-state index contributed by atoms with van der Waals surface area (Å²) >= 11 is 1.35. The molecule has 7 heteroatoms. The van der Waals surface area contributed by atoms with E-state index in [0.29, 0.717) is 24.5 Å². The first-order valence-electron chi connectivity index (χ1n) is 8.07. The summed E-state index contributed by atoms with van der Waals surface area (Å²) in [7, 11) is 0. The molecule has 6 nitrogen and oxygen atoms in total. The molecular formula is C17H20N4O2S. The van der Waals surface area contributed by atoms with Crippen LogP contribution in [0.25, 0.3) is 0 Å². The van der Waals surface area contributed by atoms with Gasteiger partial charge in [-0.25, -0.2) is 0 Å². The number of hydrogen-bond acceptors (Lipinski definition) is 5. The lowest BCUT2D eigenvalue weighted by atomic mass is 10.1. The summed E-state index contributed by atoms with van der Waals surface area (Å²) in [6.07, 6.45) is 1.68. The van der Waals surface area contributed by atoms with E-state index in [-0.39, 0.29) is 17.7 Å². The molecule has 1 atom stereocenters. The topological polar surface area (TPSA) is 75.2 Å². The third-order valence-corrected chi connectivity index (χ3v) is 4.99. The number of aromatic nitrogens is 2. The second-order valence-electron chi connectivity index (χ2n) is 5.98. The molecule has 1 aliphatic rings. The van der Waals surface area contributed by atoms with Crippen molar-refractivity contribution in [3.8, 4) is 0 Å².